The van der Waals surface area contributed by atoms with Crippen LogP contribution < -0.4 is 5.32 Å². The van der Waals surface area contributed by atoms with Gasteiger partial charge in [0.1, 0.15) is 6.04 Å². The van der Waals surface area contributed by atoms with E-state index in [4.69, 9.17) is 0 Å². The smallest absolute Gasteiger partial charge is 0.322 e. The summed E-state index contributed by atoms with van der Waals surface area (Å²) >= 11 is 0. The molecule has 0 aromatic heterocycles. The summed E-state index contributed by atoms with van der Waals surface area (Å²) in [5.74, 6) is 0.556. The maximum absolute atomic E-state index is 12.9. The fraction of sp³-hybridized carbons (Fsp3) is 0.391. The van der Waals surface area contributed by atoms with Crippen LogP contribution in [0.3, 0.4) is 0 Å². The Kier molecular flexibility index (Phi) is 5.07. The number of carbonyl (C=O) groups is 2. The van der Waals surface area contributed by atoms with Gasteiger partial charge in [0, 0.05) is 25.3 Å². The number of nitrogens with one attached hydrogen (secondary N) is 1. The highest BCUT2D eigenvalue weighted by atomic mass is 16.2. The topological polar surface area (TPSA) is 52.6 Å². The van der Waals surface area contributed by atoms with Crippen molar-refractivity contribution in [1.29, 1.82) is 0 Å². The van der Waals surface area contributed by atoms with Crippen LogP contribution in [0.15, 0.2) is 48.5 Å². The van der Waals surface area contributed by atoms with Crippen LogP contribution in [0.1, 0.15) is 42.4 Å². The number of anilines is 1. The Hall–Kier alpha value is -2.82. The lowest BCUT2D eigenvalue weighted by Crippen LogP contribution is -2.58. The molecule has 0 bridgehead atoms. The summed E-state index contributed by atoms with van der Waals surface area (Å²) < 4.78 is 0. The van der Waals surface area contributed by atoms with Gasteiger partial charge in [0.2, 0.25) is 5.91 Å². The lowest BCUT2D eigenvalue weighted by Gasteiger charge is -2.39. The molecule has 3 amide bonds. The molecule has 2 aliphatic rings. The Morgan fingerprint density at radius 3 is 2.64 bits per heavy atom. The molecule has 4 rings (SSSR count). The Morgan fingerprint density at radius 1 is 1.11 bits per heavy atom. The predicted octanol–water partition coefficient (Wildman–Crippen LogP) is 4.14. The largest absolute Gasteiger partial charge is 0.335 e. The van der Waals surface area contributed by atoms with E-state index < -0.39 is 6.04 Å². The minimum absolute atomic E-state index is 0.00150. The normalized spacial score (nSPS) is 19.6. The second-order valence-electron chi connectivity index (χ2n) is 7.91. The van der Waals surface area contributed by atoms with Crippen LogP contribution in [0, 0.1) is 6.92 Å². The van der Waals surface area contributed by atoms with E-state index in [2.05, 4.69) is 30.4 Å². The number of benzene rings is 2. The van der Waals surface area contributed by atoms with Crippen LogP contribution in [0.2, 0.25) is 0 Å². The first-order valence-corrected chi connectivity index (χ1v) is 10.0. The molecule has 146 valence electrons. The van der Waals surface area contributed by atoms with Crippen molar-refractivity contribution >= 4 is 17.6 Å². The van der Waals surface area contributed by atoms with Gasteiger partial charge in [-0.3, -0.25) is 4.79 Å². The van der Waals surface area contributed by atoms with Gasteiger partial charge < -0.3 is 15.1 Å². The van der Waals surface area contributed by atoms with Gasteiger partial charge in [-0.2, -0.15) is 0 Å². The summed E-state index contributed by atoms with van der Waals surface area (Å²) in [7, 11) is 0. The van der Waals surface area contributed by atoms with Gasteiger partial charge in [0.15, 0.2) is 0 Å². The van der Waals surface area contributed by atoms with E-state index in [-0.39, 0.29) is 11.9 Å². The Balaban J connectivity index is 1.42. The van der Waals surface area contributed by atoms with Gasteiger partial charge in [0.25, 0.3) is 0 Å². The van der Waals surface area contributed by atoms with Crippen molar-refractivity contribution in [2.45, 2.75) is 45.2 Å². The molecule has 5 nitrogen and oxygen atoms in total. The third-order valence-corrected chi connectivity index (χ3v) is 5.68. The molecule has 1 unspecified atom stereocenters. The summed E-state index contributed by atoms with van der Waals surface area (Å²) in [6.45, 7) is 5.54. The zero-order valence-corrected chi connectivity index (χ0v) is 16.5. The Morgan fingerprint density at radius 2 is 1.89 bits per heavy atom. The summed E-state index contributed by atoms with van der Waals surface area (Å²) in [6.07, 6.45) is 2.36. The van der Waals surface area contributed by atoms with E-state index in [1.807, 2.05) is 42.2 Å². The zero-order valence-electron chi connectivity index (χ0n) is 16.5. The van der Waals surface area contributed by atoms with Crippen LogP contribution in [0.4, 0.5) is 10.5 Å². The summed E-state index contributed by atoms with van der Waals surface area (Å²) in [5, 5.41) is 3.04. The molecular formula is C23H27N3O2. The van der Waals surface area contributed by atoms with Crippen LogP contribution in [0.5, 0.6) is 0 Å². The SMILES string of the molecule is Cc1cccc(CN2CCN(C(=O)Nc3ccccc3C3CC3)C(C)C2=O)c1. The first-order chi connectivity index (χ1) is 13.5. The number of amides is 3. The first kappa shape index (κ1) is 18.5. The number of rotatable bonds is 4. The minimum Gasteiger partial charge on any atom is -0.335 e. The van der Waals surface area contributed by atoms with Crippen molar-refractivity contribution in [1.82, 2.24) is 9.80 Å². The third-order valence-electron chi connectivity index (χ3n) is 5.68. The minimum atomic E-state index is -0.466. The van der Waals surface area contributed by atoms with Crippen LogP contribution in [0.25, 0.3) is 0 Å². The van der Waals surface area contributed by atoms with E-state index in [1.165, 1.54) is 24.0 Å². The fourth-order valence-corrected chi connectivity index (χ4v) is 3.94. The highest BCUT2D eigenvalue weighted by Gasteiger charge is 2.35. The number of para-hydroxylation sites is 1. The molecule has 28 heavy (non-hydrogen) atoms. The number of hydrogen-bond acceptors (Lipinski definition) is 2. The molecule has 1 aliphatic heterocycles. The van der Waals surface area contributed by atoms with Gasteiger partial charge in [-0.05, 0) is 49.8 Å². The first-order valence-electron chi connectivity index (χ1n) is 10.0. The lowest BCUT2D eigenvalue weighted by atomic mass is 10.1. The van der Waals surface area contributed by atoms with Crippen LogP contribution in [-0.4, -0.2) is 40.9 Å². The summed E-state index contributed by atoms with van der Waals surface area (Å²) in [6, 6.07) is 15.5. The maximum atomic E-state index is 12.9. The molecule has 1 saturated heterocycles. The van der Waals surface area contributed by atoms with Crippen molar-refractivity contribution in [2.75, 3.05) is 18.4 Å². The maximum Gasteiger partial charge on any atom is 0.322 e. The quantitative estimate of drug-likeness (QED) is 0.871. The molecule has 0 radical (unpaired) electrons. The van der Waals surface area contributed by atoms with Crippen molar-refractivity contribution in [3.05, 3.63) is 65.2 Å². The van der Waals surface area contributed by atoms with Gasteiger partial charge in [0.05, 0.1) is 0 Å². The molecule has 2 aromatic rings. The van der Waals surface area contributed by atoms with E-state index in [9.17, 15) is 9.59 Å². The molecule has 5 heteroatoms. The molecule has 2 aromatic carbocycles. The van der Waals surface area contributed by atoms with Gasteiger partial charge in [-0.15, -0.1) is 0 Å². The molecule has 2 fully saturated rings. The molecule has 1 atom stereocenters. The highest BCUT2D eigenvalue weighted by Crippen LogP contribution is 2.43. The monoisotopic (exact) mass is 377 g/mol. The average Bonchev–Trinajstić information content (AvgIpc) is 3.51. The van der Waals surface area contributed by atoms with E-state index in [1.54, 1.807) is 4.90 Å². The van der Waals surface area contributed by atoms with Gasteiger partial charge in [-0.25, -0.2) is 4.79 Å². The molecule has 1 N–H and O–H groups in total. The summed E-state index contributed by atoms with van der Waals surface area (Å²) in [4.78, 5) is 29.2. The molecular weight excluding hydrogens is 350 g/mol. The Bertz CT molecular complexity index is 891. The number of nitrogens with zero attached hydrogens (tertiary/aromatic N) is 2. The van der Waals surface area contributed by atoms with Crippen molar-refractivity contribution < 1.29 is 9.59 Å². The zero-order chi connectivity index (χ0) is 19.7. The number of hydrogen-bond donors (Lipinski definition) is 1. The third kappa shape index (κ3) is 3.88. The van der Waals surface area contributed by atoms with Crippen molar-refractivity contribution in [3.63, 3.8) is 0 Å². The van der Waals surface area contributed by atoms with Crippen molar-refractivity contribution in [3.8, 4) is 0 Å². The molecule has 1 saturated carbocycles. The molecule has 0 spiro atoms. The summed E-state index contributed by atoms with van der Waals surface area (Å²) in [5.41, 5.74) is 4.38. The van der Waals surface area contributed by atoms with Crippen LogP contribution in [-0.2, 0) is 11.3 Å². The standard InChI is InChI=1S/C23H27N3O2/c1-16-6-5-7-18(14-16)15-25-12-13-26(17(2)22(25)27)23(28)24-21-9-4-3-8-20(21)19-10-11-19/h3-9,14,17,19H,10-13,15H2,1-2H3,(H,24,28). The van der Waals surface area contributed by atoms with E-state index in [0.717, 1.165) is 11.3 Å². The van der Waals surface area contributed by atoms with Gasteiger partial charge >= 0.3 is 6.03 Å². The molecule has 1 aliphatic carbocycles. The predicted molar refractivity (Wildman–Crippen MR) is 110 cm³/mol. The average molecular weight is 377 g/mol. The number of urea groups is 1. The molecule has 1 heterocycles. The van der Waals surface area contributed by atoms with E-state index >= 15 is 0 Å². The number of aryl methyl sites for hydroxylation is 1. The second-order valence-corrected chi connectivity index (χ2v) is 7.91. The lowest BCUT2D eigenvalue weighted by molar-refractivity contribution is -0.139. The van der Waals surface area contributed by atoms with Crippen molar-refractivity contribution in [2.24, 2.45) is 0 Å². The van der Waals surface area contributed by atoms with Crippen LogP contribution >= 0.6 is 0 Å². The number of carbonyl (C=O) groups excluding carboxylic acids is 2. The van der Waals surface area contributed by atoms with E-state index in [0.29, 0.717) is 25.6 Å². The number of piperazine rings is 1. The second kappa shape index (κ2) is 7.66. The Labute approximate surface area is 166 Å². The highest BCUT2D eigenvalue weighted by molar-refractivity contribution is 5.95. The van der Waals surface area contributed by atoms with Gasteiger partial charge in [-0.1, -0.05) is 48.0 Å². The fourth-order valence-electron chi connectivity index (χ4n) is 3.94.